The molecule has 29 heavy (non-hydrogen) atoms. The molecule has 0 aliphatic carbocycles. The average Bonchev–Trinajstić information content (AvgIpc) is 3.02. The molecule has 2 aromatic rings. The standard InChI is InChI=1S/C22H23BrN2O3S/c1-4-24-22-25(5-2)21(26)20(29-22)13-16-8-11-18(19(12-16)27-3)28-14-15-6-9-17(23)10-7-15/h6-13H,4-5,14H2,1-3H3/b20-13+,24-22?. The van der Waals surface area contributed by atoms with E-state index in [4.69, 9.17) is 9.47 Å². The minimum Gasteiger partial charge on any atom is -0.493 e. The van der Waals surface area contributed by atoms with E-state index in [1.807, 2.05) is 62.4 Å². The lowest BCUT2D eigenvalue weighted by molar-refractivity contribution is -0.122. The summed E-state index contributed by atoms with van der Waals surface area (Å²) in [5.41, 5.74) is 1.94. The Kier molecular flexibility index (Phi) is 7.39. The molecule has 7 heteroatoms. The Morgan fingerprint density at radius 1 is 1.14 bits per heavy atom. The van der Waals surface area contributed by atoms with Crippen LogP contribution in [0.2, 0.25) is 0 Å². The van der Waals surface area contributed by atoms with Gasteiger partial charge >= 0.3 is 0 Å². The zero-order valence-corrected chi connectivity index (χ0v) is 19.0. The van der Waals surface area contributed by atoms with Crippen molar-refractivity contribution in [2.24, 2.45) is 4.99 Å². The van der Waals surface area contributed by atoms with Crippen LogP contribution in [0.25, 0.3) is 6.08 Å². The van der Waals surface area contributed by atoms with Crippen LogP contribution in [0.15, 0.2) is 56.8 Å². The van der Waals surface area contributed by atoms with Crippen LogP contribution in [-0.2, 0) is 11.4 Å². The van der Waals surface area contributed by atoms with Gasteiger partial charge in [0.25, 0.3) is 5.91 Å². The number of carbonyl (C=O) groups is 1. The normalized spacial score (nSPS) is 16.7. The third-order valence-corrected chi connectivity index (χ3v) is 5.86. The van der Waals surface area contributed by atoms with E-state index in [0.717, 1.165) is 20.8 Å². The summed E-state index contributed by atoms with van der Waals surface area (Å²) in [4.78, 5) is 19.4. The van der Waals surface area contributed by atoms with Gasteiger partial charge in [-0.1, -0.05) is 34.1 Å². The van der Waals surface area contributed by atoms with Gasteiger partial charge in [-0.05, 0) is 67.1 Å². The fraction of sp³-hybridized carbons (Fsp3) is 0.273. The summed E-state index contributed by atoms with van der Waals surface area (Å²) in [7, 11) is 1.61. The smallest absolute Gasteiger partial charge is 0.266 e. The number of benzene rings is 2. The van der Waals surface area contributed by atoms with E-state index >= 15 is 0 Å². The van der Waals surface area contributed by atoms with Crippen molar-refractivity contribution in [3.8, 4) is 11.5 Å². The third kappa shape index (κ3) is 5.22. The number of halogens is 1. The van der Waals surface area contributed by atoms with Gasteiger partial charge in [0, 0.05) is 17.6 Å². The topological polar surface area (TPSA) is 51.1 Å². The number of ether oxygens (including phenoxy) is 2. The second-order valence-electron chi connectivity index (χ2n) is 6.24. The average molecular weight is 475 g/mol. The molecule has 152 valence electrons. The molecule has 0 atom stereocenters. The Hall–Kier alpha value is -2.25. The molecule has 5 nitrogen and oxygen atoms in total. The van der Waals surface area contributed by atoms with Crippen molar-refractivity contribution < 1.29 is 14.3 Å². The highest BCUT2D eigenvalue weighted by atomic mass is 79.9. The molecule has 1 heterocycles. The lowest BCUT2D eigenvalue weighted by Crippen LogP contribution is -2.28. The highest BCUT2D eigenvalue weighted by molar-refractivity contribution is 9.10. The number of nitrogens with zero attached hydrogens (tertiary/aromatic N) is 2. The summed E-state index contributed by atoms with van der Waals surface area (Å²) in [5, 5.41) is 0.757. The number of rotatable bonds is 7. The zero-order valence-electron chi connectivity index (χ0n) is 16.6. The van der Waals surface area contributed by atoms with E-state index in [1.54, 1.807) is 12.0 Å². The molecule has 1 saturated heterocycles. The largest absolute Gasteiger partial charge is 0.493 e. The predicted molar refractivity (Wildman–Crippen MR) is 122 cm³/mol. The highest BCUT2D eigenvalue weighted by Crippen LogP contribution is 2.34. The molecule has 1 aliphatic heterocycles. The first-order chi connectivity index (χ1) is 14.0. The fourth-order valence-corrected chi connectivity index (χ4v) is 4.20. The van der Waals surface area contributed by atoms with Gasteiger partial charge in [0.1, 0.15) is 6.61 Å². The molecule has 0 N–H and O–H groups in total. The molecule has 0 unspecified atom stereocenters. The van der Waals surface area contributed by atoms with Crippen LogP contribution in [0.1, 0.15) is 25.0 Å². The molecule has 2 aromatic carbocycles. The van der Waals surface area contributed by atoms with Gasteiger partial charge in [0.15, 0.2) is 16.7 Å². The van der Waals surface area contributed by atoms with Crippen LogP contribution >= 0.6 is 27.7 Å². The number of carbonyl (C=O) groups excluding carboxylic acids is 1. The van der Waals surface area contributed by atoms with Crippen LogP contribution in [0.3, 0.4) is 0 Å². The molecule has 0 saturated carbocycles. The van der Waals surface area contributed by atoms with Gasteiger partial charge in [0.05, 0.1) is 12.0 Å². The maximum absolute atomic E-state index is 12.6. The third-order valence-electron chi connectivity index (χ3n) is 4.29. The first kappa shape index (κ1) is 21.5. The Labute approximate surface area is 183 Å². The molecule has 1 fully saturated rings. The van der Waals surface area contributed by atoms with Crippen molar-refractivity contribution >= 4 is 44.8 Å². The minimum atomic E-state index is -0.0146. The van der Waals surface area contributed by atoms with Crippen molar-refractivity contribution in [1.82, 2.24) is 4.90 Å². The summed E-state index contributed by atoms with van der Waals surface area (Å²) in [6.45, 7) is 5.62. The second-order valence-corrected chi connectivity index (χ2v) is 8.17. The maximum Gasteiger partial charge on any atom is 0.266 e. The van der Waals surface area contributed by atoms with E-state index in [-0.39, 0.29) is 5.91 Å². The molecule has 0 spiro atoms. The van der Waals surface area contributed by atoms with Gasteiger partial charge in [-0.3, -0.25) is 14.7 Å². The summed E-state index contributed by atoms with van der Waals surface area (Å²) in [6.07, 6.45) is 1.87. The Morgan fingerprint density at radius 2 is 1.90 bits per heavy atom. The molecule has 0 radical (unpaired) electrons. The first-order valence-electron chi connectivity index (χ1n) is 9.36. The number of methoxy groups -OCH3 is 1. The van der Waals surface area contributed by atoms with Gasteiger partial charge in [-0.25, -0.2) is 0 Å². The Bertz CT molecular complexity index is 942. The molecule has 0 bridgehead atoms. The van der Waals surface area contributed by atoms with Crippen LogP contribution in [0.5, 0.6) is 11.5 Å². The van der Waals surface area contributed by atoms with Crippen molar-refractivity contribution in [3.05, 3.63) is 63.0 Å². The summed E-state index contributed by atoms with van der Waals surface area (Å²) in [6, 6.07) is 13.6. The van der Waals surface area contributed by atoms with Crippen molar-refractivity contribution in [1.29, 1.82) is 0 Å². The van der Waals surface area contributed by atoms with Gasteiger partial charge in [0.2, 0.25) is 0 Å². The molecule has 0 aromatic heterocycles. The quantitative estimate of drug-likeness (QED) is 0.507. The molecule has 1 aliphatic rings. The number of likely N-dealkylation sites (N-methyl/N-ethyl adjacent to an activating group) is 1. The van der Waals surface area contributed by atoms with E-state index in [0.29, 0.717) is 36.1 Å². The number of amidine groups is 1. The summed E-state index contributed by atoms with van der Waals surface area (Å²) in [5.74, 6) is 1.27. The van der Waals surface area contributed by atoms with Crippen molar-refractivity contribution in [2.75, 3.05) is 20.2 Å². The molecular weight excluding hydrogens is 452 g/mol. The Morgan fingerprint density at radius 3 is 2.55 bits per heavy atom. The molecule has 3 rings (SSSR count). The Balaban J connectivity index is 1.78. The highest BCUT2D eigenvalue weighted by Gasteiger charge is 2.31. The lowest BCUT2D eigenvalue weighted by Gasteiger charge is -2.12. The molecular formula is C22H23BrN2O3S. The summed E-state index contributed by atoms with van der Waals surface area (Å²) >= 11 is 4.84. The zero-order chi connectivity index (χ0) is 20.8. The monoisotopic (exact) mass is 474 g/mol. The lowest BCUT2D eigenvalue weighted by atomic mass is 10.1. The van der Waals surface area contributed by atoms with Crippen LogP contribution in [0.4, 0.5) is 0 Å². The van der Waals surface area contributed by atoms with E-state index < -0.39 is 0 Å². The number of hydrogen-bond donors (Lipinski definition) is 0. The van der Waals surface area contributed by atoms with Gasteiger partial charge < -0.3 is 9.47 Å². The molecule has 1 amide bonds. The van der Waals surface area contributed by atoms with Crippen LogP contribution in [0, 0.1) is 0 Å². The maximum atomic E-state index is 12.6. The van der Waals surface area contributed by atoms with E-state index in [2.05, 4.69) is 20.9 Å². The number of aliphatic imine (C=N–C) groups is 1. The second kappa shape index (κ2) is 9.98. The van der Waals surface area contributed by atoms with Crippen LogP contribution in [-0.4, -0.2) is 36.2 Å². The van der Waals surface area contributed by atoms with Crippen molar-refractivity contribution in [3.63, 3.8) is 0 Å². The predicted octanol–water partition coefficient (Wildman–Crippen LogP) is 5.35. The minimum absolute atomic E-state index is 0.0146. The van der Waals surface area contributed by atoms with Gasteiger partial charge in [-0.2, -0.15) is 0 Å². The van der Waals surface area contributed by atoms with Crippen molar-refractivity contribution in [2.45, 2.75) is 20.5 Å². The number of hydrogen-bond acceptors (Lipinski definition) is 5. The van der Waals surface area contributed by atoms with E-state index in [9.17, 15) is 4.79 Å². The van der Waals surface area contributed by atoms with Crippen LogP contribution < -0.4 is 9.47 Å². The van der Waals surface area contributed by atoms with Gasteiger partial charge in [-0.15, -0.1) is 0 Å². The van der Waals surface area contributed by atoms with E-state index in [1.165, 1.54) is 11.8 Å². The summed E-state index contributed by atoms with van der Waals surface area (Å²) < 4.78 is 12.5. The number of amides is 1. The fourth-order valence-electron chi connectivity index (χ4n) is 2.83. The SMILES string of the molecule is CCN=C1S/C(=C/c2ccc(OCc3ccc(Br)cc3)c(OC)c2)C(=O)N1CC. The first-order valence-corrected chi connectivity index (χ1v) is 11.0. The number of thioether (sulfide) groups is 1.